The normalized spacial score (nSPS) is 29.1. The van der Waals surface area contributed by atoms with E-state index in [4.69, 9.17) is 4.74 Å². The molecule has 2 aliphatic rings. The molecule has 0 bridgehead atoms. The molecule has 19 heavy (non-hydrogen) atoms. The molecular formula is C16H24N2O. The minimum atomic E-state index is 0.405. The van der Waals surface area contributed by atoms with Crippen LogP contribution in [0.4, 0.5) is 5.69 Å². The first-order chi connectivity index (χ1) is 9.10. The van der Waals surface area contributed by atoms with Crippen LogP contribution in [-0.4, -0.2) is 32.8 Å². The van der Waals surface area contributed by atoms with Gasteiger partial charge in [-0.25, -0.2) is 0 Å². The minimum absolute atomic E-state index is 0.405. The Bertz CT molecular complexity index is 458. The number of nitrogens with one attached hydrogen (secondary N) is 1. The summed E-state index contributed by atoms with van der Waals surface area (Å²) >= 11 is 0. The smallest absolute Gasteiger partial charge is 0.120 e. The molecule has 0 saturated carbocycles. The van der Waals surface area contributed by atoms with E-state index in [1.807, 2.05) is 6.07 Å². The first-order valence-electron chi connectivity index (χ1n) is 7.22. The molecule has 104 valence electrons. The molecule has 2 fully saturated rings. The number of methoxy groups -OCH3 is 1. The molecule has 2 atom stereocenters. The zero-order valence-electron chi connectivity index (χ0n) is 12.1. The molecule has 3 nitrogen and oxygen atoms in total. The van der Waals surface area contributed by atoms with E-state index in [1.165, 1.54) is 12.1 Å². The van der Waals surface area contributed by atoms with E-state index in [9.17, 15) is 0 Å². The van der Waals surface area contributed by atoms with Gasteiger partial charge in [0, 0.05) is 37.4 Å². The maximum absolute atomic E-state index is 5.33. The van der Waals surface area contributed by atoms with Crippen molar-refractivity contribution in [2.75, 3.05) is 31.6 Å². The highest BCUT2D eigenvalue weighted by atomic mass is 16.5. The maximum Gasteiger partial charge on any atom is 0.120 e. The first kappa shape index (κ1) is 12.8. The van der Waals surface area contributed by atoms with Crippen molar-refractivity contribution in [1.29, 1.82) is 0 Å². The molecule has 3 heteroatoms. The van der Waals surface area contributed by atoms with Crippen LogP contribution < -0.4 is 15.0 Å². The summed E-state index contributed by atoms with van der Waals surface area (Å²) in [4.78, 5) is 2.51. The lowest BCUT2D eigenvalue weighted by molar-refractivity contribution is 0.237. The number of hydrogen-bond donors (Lipinski definition) is 1. The summed E-state index contributed by atoms with van der Waals surface area (Å²) in [5, 5.41) is 3.69. The topological polar surface area (TPSA) is 24.5 Å². The van der Waals surface area contributed by atoms with Crippen LogP contribution in [0.15, 0.2) is 24.3 Å². The zero-order valence-corrected chi connectivity index (χ0v) is 12.1. The number of nitrogens with zero attached hydrogens (tertiary/aromatic N) is 1. The molecule has 2 aliphatic heterocycles. The monoisotopic (exact) mass is 260 g/mol. The second kappa shape index (κ2) is 4.71. The average molecular weight is 260 g/mol. The Labute approximate surface area is 115 Å². The van der Waals surface area contributed by atoms with Gasteiger partial charge in [-0.05, 0) is 29.9 Å². The summed E-state index contributed by atoms with van der Waals surface area (Å²) in [5.74, 6) is 1.69. The third kappa shape index (κ3) is 2.32. The molecule has 0 aromatic heterocycles. The zero-order chi connectivity index (χ0) is 13.5. The second-order valence-corrected chi connectivity index (χ2v) is 6.52. The van der Waals surface area contributed by atoms with Gasteiger partial charge in [-0.1, -0.05) is 19.9 Å². The van der Waals surface area contributed by atoms with Crippen LogP contribution in [-0.2, 0) is 0 Å². The molecule has 0 spiro atoms. The molecule has 0 aliphatic carbocycles. The Hall–Kier alpha value is -1.22. The largest absolute Gasteiger partial charge is 0.497 e. The maximum atomic E-state index is 5.33. The standard InChI is InChI=1S/C16H24N2O/c1-16(2)11-17-15-7-8-18(10-14(15)16)12-5-4-6-13(9-12)19-3/h4-6,9,14-15,17H,7-8,10-11H2,1-3H3. The number of piperidine rings is 1. The number of ether oxygens (including phenoxy) is 1. The molecule has 0 amide bonds. The summed E-state index contributed by atoms with van der Waals surface area (Å²) in [6.07, 6.45) is 1.24. The molecule has 1 aromatic carbocycles. The predicted octanol–water partition coefficient (Wildman–Crippen LogP) is 2.52. The summed E-state index contributed by atoms with van der Waals surface area (Å²) in [7, 11) is 1.73. The Morgan fingerprint density at radius 3 is 3.00 bits per heavy atom. The van der Waals surface area contributed by atoms with Crippen molar-refractivity contribution in [3.8, 4) is 5.75 Å². The molecule has 1 aromatic rings. The summed E-state index contributed by atoms with van der Waals surface area (Å²) in [6.45, 7) is 8.21. The van der Waals surface area contributed by atoms with E-state index < -0.39 is 0 Å². The molecule has 2 unspecified atom stereocenters. The highest BCUT2D eigenvalue weighted by Crippen LogP contribution is 2.39. The van der Waals surface area contributed by atoms with Crippen molar-refractivity contribution in [2.45, 2.75) is 26.3 Å². The molecular weight excluding hydrogens is 236 g/mol. The number of rotatable bonds is 2. The lowest BCUT2D eigenvalue weighted by Crippen LogP contribution is -2.47. The summed E-state index contributed by atoms with van der Waals surface area (Å²) in [5.41, 5.74) is 1.70. The lowest BCUT2D eigenvalue weighted by atomic mass is 9.76. The van der Waals surface area contributed by atoms with Gasteiger partial charge >= 0.3 is 0 Å². The van der Waals surface area contributed by atoms with Crippen molar-refractivity contribution in [1.82, 2.24) is 5.32 Å². The third-order valence-electron chi connectivity index (χ3n) is 4.85. The van der Waals surface area contributed by atoms with E-state index in [1.54, 1.807) is 7.11 Å². The quantitative estimate of drug-likeness (QED) is 0.884. The average Bonchev–Trinajstić information content (AvgIpc) is 2.74. The van der Waals surface area contributed by atoms with E-state index in [-0.39, 0.29) is 0 Å². The van der Waals surface area contributed by atoms with Gasteiger partial charge < -0.3 is 15.0 Å². The fourth-order valence-corrected chi connectivity index (χ4v) is 3.56. The molecule has 2 saturated heterocycles. The van der Waals surface area contributed by atoms with Gasteiger partial charge in [-0.2, -0.15) is 0 Å². The number of hydrogen-bond acceptors (Lipinski definition) is 3. The van der Waals surface area contributed by atoms with Crippen LogP contribution in [0.2, 0.25) is 0 Å². The van der Waals surface area contributed by atoms with Crippen LogP contribution in [0.1, 0.15) is 20.3 Å². The van der Waals surface area contributed by atoms with Gasteiger partial charge in [0.25, 0.3) is 0 Å². The summed E-state index contributed by atoms with van der Waals surface area (Å²) in [6, 6.07) is 9.14. The Morgan fingerprint density at radius 1 is 1.37 bits per heavy atom. The van der Waals surface area contributed by atoms with E-state index in [2.05, 4.69) is 42.3 Å². The number of fused-ring (bicyclic) bond motifs is 1. The van der Waals surface area contributed by atoms with Crippen molar-refractivity contribution in [3.05, 3.63) is 24.3 Å². The summed E-state index contributed by atoms with van der Waals surface area (Å²) < 4.78 is 5.33. The molecule has 1 N–H and O–H groups in total. The van der Waals surface area contributed by atoms with Gasteiger partial charge in [0.15, 0.2) is 0 Å². The van der Waals surface area contributed by atoms with Crippen LogP contribution in [0.5, 0.6) is 5.75 Å². The highest BCUT2D eigenvalue weighted by molar-refractivity contribution is 5.51. The Kier molecular flexibility index (Phi) is 3.17. The van der Waals surface area contributed by atoms with Gasteiger partial charge in [-0.3, -0.25) is 0 Å². The third-order valence-corrected chi connectivity index (χ3v) is 4.85. The molecule has 3 rings (SSSR count). The van der Waals surface area contributed by atoms with Gasteiger partial charge in [0.05, 0.1) is 7.11 Å². The van der Waals surface area contributed by atoms with Crippen LogP contribution >= 0.6 is 0 Å². The highest BCUT2D eigenvalue weighted by Gasteiger charge is 2.44. The van der Waals surface area contributed by atoms with Crippen LogP contribution in [0, 0.1) is 11.3 Å². The van der Waals surface area contributed by atoms with Crippen molar-refractivity contribution in [3.63, 3.8) is 0 Å². The first-order valence-corrected chi connectivity index (χ1v) is 7.22. The SMILES string of the molecule is COc1cccc(N2CCC3NCC(C)(C)C3C2)c1. The number of benzene rings is 1. The van der Waals surface area contributed by atoms with Crippen molar-refractivity contribution < 1.29 is 4.74 Å². The Morgan fingerprint density at radius 2 is 2.21 bits per heavy atom. The van der Waals surface area contributed by atoms with E-state index in [0.717, 1.165) is 31.3 Å². The fourth-order valence-electron chi connectivity index (χ4n) is 3.56. The van der Waals surface area contributed by atoms with Gasteiger partial charge in [-0.15, -0.1) is 0 Å². The van der Waals surface area contributed by atoms with Crippen LogP contribution in [0.3, 0.4) is 0 Å². The van der Waals surface area contributed by atoms with Crippen molar-refractivity contribution >= 4 is 5.69 Å². The Balaban J connectivity index is 1.79. The number of anilines is 1. The van der Waals surface area contributed by atoms with Crippen molar-refractivity contribution in [2.24, 2.45) is 11.3 Å². The minimum Gasteiger partial charge on any atom is -0.497 e. The molecule has 2 heterocycles. The fraction of sp³-hybridized carbons (Fsp3) is 0.625. The van der Waals surface area contributed by atoms with Gasteiger partial charge in [0.2, 0.25) is 0 Å². The lowest BCUT2D eigenvalue weighted by Gasteiger charge is -2.40. The van der Waals surface area contributed by atoms with E-state index >= 15 is 0 Å². The molecule has 0 radical (unpaired) electrons. The van der Waals surface area contributed by atoms with Crippen LogP contribution in [0.25, 0.3) is 0 Å². The predicted molar refractivity (Wildman–Crippen MR) is 78.9 cm³/mol. The second-order valence-electron chi connectivity index (χ2n) is 6.52. The van der Waals surface area contributed by atoms with Gasteiger partial charge in [0.1, 0.15) is 5.75 Å². The van der Waals surface area contributed by atoms with E-state index in [0.29, 0.717) is 11.5 Å².